The number of benzene rings is 1. The molecular weight excluding hydrogens is 564 g/mol. The minimum absolute atomic E-state index is 0.0465. The third-order valence-corrected chi connectivity index (χ3v) is 7.35. The number of carbonyl (C=O) groups excluding carboxylic acids is 2. The lowest BCUT2D eigenvalue weighted by atomic mass is 9.82. The summed E-state index contributed by atoms with van der Waals surface area (Å²) in [5.74, 6) is 1.04. The fourth-order valence-electron chi connectivity index (χ4n) is 4.73. The number of ether oxygens (including phenoxy) is 4. The number of aliphatic hydroxyl groups excluding tert-OH is 2. The second-order valence-corrected chi connectivity index (χ2v) is 12.9. The zero-order valence-corrected chi connectivity index (χ0v) is 28.4. The third kappa shape index (κ3) is 16.5. The lowest BCUT2D eigenvalue weighted by Crippen LogP contribution is -2.48. The molecule has 254 valence electrons. The molecule has 0 aliphatic rings. The number of hydrogen-bond donors (Lipinski definition) is 4. The van der Waals surface area contributed by atoms with Gasteiger partial charge in [-0.05, 0) is 76.0 Å². The first-order valence-electron chi connectivity index (χ1n) is 16.2. The molecule has 0 bridgehead atoms. The first kappa shape index (κ1) is 39.5. The highest BCUT2D eigenvalue weighted by atomic mass is 16.6. The van der Waals surface area contributed by atoms with Gasteiger partial charge in [0.15, 0.2) is 11.5 Å². The maximum Gasteiger partial charge on any atom is 0.407 e. The normalized spacial score (nSPS) is 14.4. The lowest BCUT2D eigenvalue weighted by Gasteiger charge is -2.32. The Morgan fingerprint density at radius 2 is 1.64 bits per heavy atom. The van der Waals surface area contributed by atoms with Gasteiger partial charge < -0.3 is 39.8 Å². The molecule has 1 aromatic rings. The molecule has 2 amide bonds. The molecule has 0 heterocycles. The molecule has 0 unspecified atom stereocenters. The smallest absolute Gasteiger partial charge is 0.407 e. The van der Waals surface area contributed by atoms with Crippen LogP contribution in [0.25, 0.3) is 0 Å². The number of carbonyl (C=O) groups is 2. The molecule has 0 fully saturated rings. The van der Waals surface area contributed by atoms with Crippen LogP contribution in [0.3, 0.4) is 0 Å². The predicted molar refractivity (Wildman–Crippen MR) is 173 cm³/mol. The quantitative estimate of drug-likeness (QED) is 0.128. The summed E-state index contributed by atoms with van der Waals surface area (Å²) in [6.45, 7) is 15.6. The number of hydrogen-bond acceptors (Lipinski definition) is 8. The van der Waals surface area contributed by atoms with E-state index in [9.17, 15) is 14.7 Å². The molecule has 0 radical (unpaired) electrons. The number of nitrogens with one attached hydrogen (secondary N) is 2. The fraction of sp³-hybridized carbons (Fsp3) is 0.765. The maximum atomic E-state index is 12.8. The zero-order valence-electron chi connectivity index (χ0n) is 28.4. The fourth-order valence-corrected chi connectivity index (χ4v) is 4.73. The standard InChI is InChI=1S/C34H60N2O8/c1-9-10-15-35-32(39)25(4)20-29(38)28(36-33(40)44-34(5,6)7)23-27(24(2)3)21-26-13-14-30(42-18-11-16-37)31(22-26)43-19-12-17-41-8/h13-14,22,24-25,27-29,37-38H,9-12,15-21,23H2,1-8H3,(H,35,39)(H,36,40)/t25-,27+,28+,29+/m1/s1. The van der Waals surface area contributed by atoms with E-state index in [0.29, 0.717) is 57.1 Å². The highest BCUT2D eigenvalue weighted by Crippen LogP contribution is 2.32. The first-order valence-corrected chi connectivity index (χ1v) is 16.2. The van der Waals surface area contributed by atoms with Crippen LogP contribution in [0.1, 0.15) is 92.6 Å². The Hall–Kier alpha value is -2.56. The van der Waals surface area contributed by atoms with Crippen LogP contribution in [0, 0.1) is 17.8 Å². The minimum atomic E-state index is -0.947. The summed E-state index contributed by atoms with van der Waals surface area (Å²) in [7, 11) is 1.65. The molecular formula is C34H60N2O8. The number of amides is 2. The first-order chi connectivity index (χ1) is 20.8. The molecule has 0 saturated carbocycles. The Kier molecular flexibility index (Phi) is 19.0. The van der Waals surface area contributed by atoms with Gasteiger partial charge in [0, 0.05) is 45.6 Å². The van der Waals surface area contributed by atoms with Gasteiger partial charge in [0.25, 0.3) is 0 Å². The molecule has 10 nitrogen and oxygen atoms in total. The van der Waals surface area contributed by atoms with E-state index in [-0.39, 0.29) is 30.8 Å². The van der Waals surface area contributed by atoms with E-state index in [0.717, 1.165) is 24.8 Å². The van der Waals surface area contributed by atoms with Crippen molar-refractivity contribution in [2.75, 3.05) is 40.1 Å². The Morgan fingerprint density at radius 1 is 0.955 bits per heavy atom. The number of unbranched alkanes of at least 4 members (excludes halogenated alkanes) is 1. The van der Waals surface area contributed by atoms with Gasteiger partial charge in [0.1, 0.15) is 5.60 Å². The van der Waals surface area contributed by atoms with E-state index in [2.05, 4.69) is 31.4 Å². The van der Waals surface area contributed by atoms with Crippen molar-refractivity contribution in [1.82, 2.24) is 10.6 Å². The molecule has 0 aromatic heterocycles. The van der Waals surface area contributed by atoms with Gasteiger partial charge >= 0.3 is 6.09 Å². The van der Waals surface area contributed by atoms with Crippen LogP contribution < -0.4 is 20.1 Å². The summed E-state index contributed by atoms with van der Waals surface area (Å²) in [6, 6.07) is 5.25. The van der Waals surface area contributed by atoms with Crippen LogP contribution >= 0.6 is 0 Å². The summed E-state index contributed by atoms with van der Waals surface area (Å²) in [6.07, 6.45) is 2.97. The van der Waals surface area contributed by atoms with Crippen molar-refractivity contribution in [3.63, 3.8) is 0 Å². The second-order valence-electron chi connectivity index (χ2n) is 12.9. The van der Waals surface area contributed by atoms with Crippen molar-refractivity contribution in [2.45, 2.75) is 111 Å². The Balaban J connectivity index is 3.16. The average molecular weight is 625 g/mol. The summed E-state index contributed by atoms with van der Waals surface area (Å²) >= 11 is 0. The van der Waals surface area contributed by atoms with Crippen molar-refractivity contribution < 1.29 is 38.7 Å². The van der Waals surface area contributed by atoms with Crippen LogP contribution in [0.2, 0.25) is 0 Å². The zero-order chi connectivity index (χ0) is 33.1. The van der Waals surface area contributed by atoms with Crippen LogP contribution in [0.5, 0.6) is 11.5 Å². The van der Waals surface area contributed by atoms with Gasteiger partial charge in [-0.1, -0.05) is 40.2 Å². The summed E-state index contributed by atoms with van der Waals surface area (Å²) in [5, 5.41) is 26.4. The van der Waals surface area contributed by atoms with Gasteiger partial charge in [0.05, 0.1) is 25.4 Å². The van der Waals surface area contributed by atoms with Gasteiger partial charge in [-0.15, -0.1) is 0 Å². The highest BCUT2D eigenvalue weighted by Gasteiger charge is 2.31. The van der Waals surface area contributed by atoms with E-state index in [1.54, 1.807) is 34.8 Å². The average Bonchev–Trinajstić information content (AvgIpc) is 2.94. The van der Waals surface area contributed by atoms with Gasteiger partial charge in [-0.25, -0.2) is 4.79 Å². The predicted octanol–water partition coefficient (Wildman–Crippen LogP) is 5.26. The summed E-state index contributed by atoms with van der Waals surface area (Å²) in [5.41, 5.74) is 0.346. The highest BCUT2D eigenvalue weighted by molar-refractivity contribution is 5.78. The molecule has 4 atom stereocenters. The van der Waals surface area contributed by atoms with Crippen molar-refractivity contribution in [3.8, 4) is 11.5 Å². The van der Waals surface area contributed by atoms with Crippen molar-refractivity contribution in [2.24, 2.45) is 17.8 Å². The molecule has 0 aliphatic carbocycles. The number of alkyl carbamates (subject to hydrolysis) is 1. The Morgan fingerprint density at radius 3 is 2.25 bits per heavy atom. The van der Waals surface area contributed by atoms with Crippen LogP contribution in [-0.2, 0) is 20.7 Å². The third-order valence-electron chi connectivity index (χ3n) is 7.35. The topological polar surface area (TPSA) is 136 Å². The lowest BCUT2D eigenvalue weighted by molar-refractivity contribution is -0.125. The molecule has 4 N–H and O–H groups in total. The van der Waals surface area contributed by atoms with Crippen LogP contribution in [-0.4, -0.2) is 80.0 Å². The molecule has 0 spiro atoms. The number of aliphatic hydroxyl groups is 2. The Bertz CT molecular complexity index is 950. The largest absolute Gasteiger partial charge is 0.490 e. The van der Waals surface area contributed by atoms with E-state index >= 15 is 0 Å². The molecule has 44 heavy (non-hydrogen) atoms. The molecule has 0 aliphatic heterocycles. The Labute approximate surface area is 265 Å². The molecule has 0 saturated heterocycles. The van der Waals surface area contributed by atoms with Crippen LogP contribution in [0.15, 0.2) is 18.2 Å². The van der Waals surface area contributed by atoms with Crippen molar-refractivity contribution in [3.05, 3.63) is 23.8 Å². The SMILES string of the molecule is CCCCNC(=O)[C@H](C)C[C@H](O)[C@H](C[C@H](Cc1ccc(OCCCO)c(OCCCOC)c1)C(C)C)NC(=O)OC(C)(C)C. The molecule has 1 rings (SSSR count). The molecule has 1 aromatic carbocycles. The summed E-state index contributed by atoms with van der Waals surface area (Å²) < 4.78 is 22.6. The van der Waals surface area contributed by atoms with E-state index < -0.39 is 29.8 Å². The van der Waals surface area contributed by atoms with Gasteiger partial charge in [-0.2, -0.15) is 0 Å². The summed E-state index contributed by atoms with van der Waals surface area (Å²) in [4.78, 5) is 25.5. The number of methoxy groups -OCH3 is 1. The number of rotatable bonds is 22. The van der Waals surface area contributed by atoms with E-state index in [1.165, 1.54) is 0 Å². The van der Waals surface area contributed by atoms with Gasteiger partial charge in [-0.3, -0.25) is 4.79 Å². The van der Waals surface area contributed by atoms with Crippen molar-refractivity contribution in [1.29, 1.82) is 0 Å². The maximum absolute atomic E-state index is 12.8. The van der Waals surface area contributed by atoms with Crippen molar-refractivity contribution >= 4 is 12.0 Å². The van der Waals surface area contributed by atoms with Crippen LogP contribution in [0.4, 0.5) is 4.79 Å². The van der Waals surface area contributed by atoms with Gasteiger partial charge in [0.2, 0.25) is 5.91 Å². The minimum Gasteiger partial charge on any atom is -0.490 e. The van der Waals surface area contributed by atoms with E-state index in [1.807, 2.05) is 18.2 Å². The second kappa shape index (κ2) is 21.2. The van der Waals surface area contributed by atoms with E-state index in [4.69, 9.17) is 24.1 Å². The monoisotopic (exact) mass is 624 g/mol. The molecule has 10 heteroatoms.